The van der Waals surface area contributed by atoms with E-state index in [2.05, 4.69) is 0 Å². The highest BCUT2D eigenvalue weighted by molar-refractivity contribution is 5.91. The quantitative estimate of drug-likeness (QED) is 0.208. The van der Waals surface area contributed by atoms with Crippen LogP contribution in [0.2, 0.25) is 0 Å². The Morgan fingerprint density at radius 1 is 0.853 bits per heavy atom. The highest BCUT2D eigenvalue weighted by Crippen LogP contribution is 2.45. The average Bonchev–Trinajstić information content (AvgIpc) is 2.80. The number of ether oxygens (including phenoxy) is 2. The maximum absolute atomic E-state index is 12.8. The molecule has 0 amide bonds. The number of rotatable bonds is 4. The third-order valence-corrected chi connectivity index (χ3v) is 5.39. The van der Waals surface area contributed by atoms with Crippen LogP contribution in [0, 0.1) is 0 Å². The molecule has 1 aliphatic heterocycles. The Kier molecular flexibility index (Phi) is 5.89. The molecular weight excluding hydrogens is 460 g/mol. The van der Waals surface area contributed by atoms with Crippen molar-refractivity contribution in [2.45, 2.75) is 30.7 Å². The van der Waals surface area contributed by atoms with Gasteiger partial charge in [-0.05, 0) is 18.2 Å². The molecule has 0 saturated carbocycles. The number of hydrogen-bond donors (Lipinski definition) is 9. The van der Waals surface area contributed by atoms with Crippen molar-refractivity contribution in [1.82, 2.24) is 0 Å². The Balaban J connectivity index is 1.80. The van der Waals surface area contributed by atoms with Crippen LogP contribution in [0.3, 0.4) is 0 Å². The van der Waals surface area contributed by atoms with Gasteiger partial charge in [-0.15, -0.1) is 0 Å². The molecule has 34 heavy (non-hydrogen) atoms. The van der Waals surface area contributed by atoms with E-state index in [1.54, 1.807) is 0 Å². The van der Waals surface area contributed by atoms with Crippen molar-refractivity contribution < 1.29 is 59.8 Å². The highest BCUT2D eigenvalue weighted by atomic mass is 16.7. The number of benzene rings is 2. The Morgan fingerprint density at radius 2 is 1.56 bits per heavy atom. The molecule has 2 aromatic carbocycles. The van der Waals surface area contributed by atoms with E-state index in [0.717, 1.165) is 18.2 Å². The normalized spacial score (nSPS) is 24.9. The summed E-state index contributed by atoms with van der Waals surface area (Å²) in [6.45, 7) is -0.756. The van der Waals surface area contributed by atoms with Crippen LogP contribution in [-0.4, -0.2) is 83.3 Å². The maximum Gasteiger partial charge on any atom is 0.238 e. The number of aliphatic hydroxyl groups excluding tert-OH is 4. The Hall–Kier alpha value is -3.75. The van der Waals surface area contributed by atoms with Crippen LogP contribution in [0.25, 0.3) is 22.3 Å². The monoisotopic (exact) mass is 480 g/mol. The van der Waals surface area contributed by atoms with E-state index < -0.39 is 94.0 Å². The van der Waals surface area contributed by atoms with E-state index in [1.165, 1.54) is 6.07 Å². The molecule has 0 spiro atoms. The van der Waals surface area contributed by atoms with Crippen molar-refractivity contribution in [2.75, 3.05) is 6.61 Å². The lowest BCUT2D eigenvalue weighted by Gasteiger charge is -2.39. The van der Waals surface area contributed by atoms with Gasteiger partial charge in [-0.1, -0.05) is 0 Å². The molecule has 13 nitrogen and oxygen atoms in total. The summed E-state index contributed by atoms with van der Waals surface area (Å²) >= 11 is 0. The van der Waals surface area contributed by atoms with Crippen LogP contribution >= 0.6 is 0 Å². The second kappa shape index (κ2) is 8.55. The Labute approximate surface area is 189 Å². The molecule has 13 heteroatoms. The zero-order valence-corrected chi connectivity index (χ0v) is 17.1. The van der Waals surface area contributed by atoms with Crippen LogP contribution < -0.4 is 10.2 Å². The van der Waals surface area contributed by atoms with E-state index in [-0.39, 0.29) is 5.56 Å². The first-order valence-corrected chi connectivity index (χ1v) is 9.79. The van der Waals surface area contributed by atoms with Crippen molar-refractivity contribution in [3.8, 4) is 45.8 Å². The van der Waals surface area contributed by atoms with E-state index in [9.17, 15) is 50.8 Å². The summed E-state index contributed by atoms with van der Waals surface area (Å²) in [7, 11) is 0. The first-order chi connectivity index (χ1) is 16.0. The van der Waals surface area contributed by atoms with E-state index in [4.69, 9.17) is 13.9 Å². The molecule has 9 N–H and O–H groups in total. The SMILES string of the molecule is O=c1c(O)c(-c2ccc(O)c(O)c2)oc2cc(O)c(OC3OC(CO)C(O)C(O)C3O)c(O)c12. The number of aromatic hydroxyl groups is 5. The number of hydrogen-bond acceptors (Lipinski definition) is 13. The largest absolute Gasteiger partial charge is 0.504 e. The molecule has 182 valence electrons. The Bertz CT molecular complexity index is 1300. The van der Waals surface area contributed by atoms with E-state index >= 15 is 0 Å². The molecule has 5 unspecified atom stereocenters. The summed E-state index contributed by atoms with van der Waals surface area (Å²) in [6.07, 6.45) is -8.49. The summed E-state index contributed by atoms with van der Waals surface area (Å²) < 4.78 is 15.9. The van der Waals surface area contributed by atoms with Crippen molar-refractivity contribution in [3.05, 3.63) is 34.5 Å². The first-order valence-electron chi connectivity index (χ1n) is 9.79. The zero-order valence-electron chi connectivity index (χ0n) is 17.1. The van der Waals surface area contributed by atoms with E-state index in [0.29, 0.717) is 0 Å². The predicted molar refractivity (Wildman–Crippen MR) is 111 cm³/mol. The maximum atomic E-state index is 12.8. The highest BCUT2D eigenvalue weighted by Gasteiger charge is 2.45. The number of fused-ring (bicyclic) bond motifs is 1. The van der Waals surface area contributed by atoms with Gasteiger partial charge in [-0.3, -0.25) is 4.79 Å². The first kappa shape index (κ1) is 23.4. The predicted octanol–water partition coefficient (Wildman–Crippen LogP) is -0.833. The molecule has 1 aliphatic rings. The van der Waals surface area contributed by atoms with Crippen LogP contribution in [0.5, 0.6) is 34.5 Å². The number of aliphatic hydroxyl groups is 4. The third kappa shape index (κ3) is 3.70. The average molecular weight is 480 g/mol. The second-order valence-electron chi connectivity index (χ2n) is 7.57. The lowest BCUT2D eigenvalue weighted by molar-refractivity contribution is -0.277. The fraction of sp³-hybridized carbons (Fsp3) is 0.286. The van der Waals surface area contributed by atoms with Gasteiger partial charge in [0.05, 0.1) is 6.61 Å². The Morgan fingerprint density at radius 3 is 2.21 bits per heavy atom. The van der Waals surface area contributed by atoms with Gasteiger partial charge < -0.3 is 59.8 Å². The minimum atomic E-state index is -1.87. The second-order valence-corrected chi connectivity index (χ2v) is 7.57. The molecule has 1 aromatic heterocycles. The summed E-state index contributed by atoms with van der Waals surface area (Å²) in [5.74, 6) is -5.01. The number of phenolic OH excluding ortho intramolecular Hbond substituents is 4. The number of phenols is 4. The van der Waals surface area contributed by atoms with Crippen LogP contribution in [0.4, 0.5) is 0 Å². The van der Waals surface area contributed by atoms with Gasteiger partial charge in [-0.25, -0.2) is 0 Å². The molecule has 5 atom stereocenters. The summed E-state index contributed by atoms with van der Waals surface area (Å²) in [5, 5.41) is 89.0. The summed E-state index contributed by atoms with van der Waals surface area (Å²) in [5.41, 5.74) is -1.56. The molecule has 1 fully saturated rings. The van der Waals surface area contributed by atoms with Gasteiger partial charge in [0.1, 0.15) is 35.4 Å². The summed E-state index contributed by atoms with van der Waals surface area (Å²) in [4.78, 5) is 12.8. The van der Waals surface area contributed by atoms with Crippen molar-refractivity contribution in [3.63, 3.8) is 0 Å². The minimum absolute atomic E-state index is 0.00701. The van der Waals surface area contributed by atoms with Crippen molar-refractivity contribution >= 4 is 11.0 Å². The van der Waals surface area contributed by atoms with Gasteiger partial charge in [0, 0.05) is 11.6 Å². The smallest absolute Gasteiger partial charge is 0.238 e. The third-order valence-electron chi connectivity index (χ3n) is 5.39. The molecule has 1 saturated heterocycles. The van der Waals surface area contributed by atoms with Crippen LogP contribution in [-0.2, 0) is 4.74 Å². The minimum Gasteiger partial charge on any atom is -0.504 e. The topological polar surface area (TPSA) is 231 Å². The fourth-order valence-electron chi connectivity index (χ4n) is 3.55. The van der Waals surface area contributed by atoms with Gasteiger partial charge in [0.2, 0.25) is 23.2 Å². The van der Waals surface area contributed by atoms with E-state index in [1.807, 2.05) is 0 Å². The summed E-state index contributed by atoms with van der Waals surface area (Å²) in [6, 6.07) is 4.18. The van der Waals surface area contributed by atoms with Gasteiger partial charge >= 0.3 is 0 Å². The van der Waals surface area contributed by atoms with Crippen molar-refractivity contribution in [2.24, 2.45) is 0 Å². The molecule has 4 rings (SSSR count). The molecule has 0 bridgehead atoms. The molecule has 3 aromatic rings. The molecule has 0 radical (unpaired) electrons. The standard InChI is InChI=1S/C21H20O13/c22-5-11-13(26)16(29)18(31)21(33-11)34-20-9(25)4-10-12(15(20)28)14(27)17(30)19(32-10)6-1-2-7(23)8(24)3-6/h1-4,11,13,16,18,21-26,28-31H,5H2. The van der Waals surface area contributed by atoms with Gasteiger partial charge in [-0.2, -0.15) is 0 Å². The zero-order chi connectivity index (χ0) is 24.9. The van der Waals surface area contributed by atoms with Crippen LogP contribution in [0.1, 0.15) is 0 Å². The molecular formula is C21H20O13. The fourth-order valence-corrected chi connectivity index (χ4v) is 3.55. The lowest BCUT2D eigenvalue weighted by atomic mass is 9.99. The lowest BCUT2D eigenvalue weighted by Crippen LogP contribution is -2.60. The molecule has 2 heterocycles. The molecule has 0 aliphatic carbocycles. The van der Waals surface area contributed by atoms with Gasteiger partial charge in [0.25, 0.3) is 0 Å². The van der Waals surface area contributed by atoms with Crippen molar-refractivity contribution in [1.29, 1.82) is 0 Å². The van der Waals surface area contributed by atoms with Crippen LogP contribution in [0.15, 0.2) is 33.5 Å². The van der Waals surface area contributed by atoms with Gasteiger partial charge in [0.15, 0.2) is 28.8 Å².